The van der Waals surface area contributed by atoms with E-state index in [0.29, 0.717) is 5.71 Å². The van der Waals surface area contributed by atoms with Crippen LogP contribution in [0.5, 0.6) is 0 Å². The first-order valence-electron chi connectivity index (χ1n) is 3.44. The molecule has 0 atom stereocenters. The van der Waals surface area contributed by atoms with Gasteiger partial charge >= 0.3 is 0 Å². The van der Waals surface area contributed by atoms with E-state index in [-0.39, 0.29) is 0 Å². The van der Waals surface area contributed by atoms with Crippen LogP contribution >= 0.6 is 30.1 Å². The van der Waals surface area contributed by atoms with Crippen LogP contribution in [0.2, 0.25) is 0 Å². The molecule has 1 rings (SSSR count). The largest absolute Gasteiger partial charge is 0.410 e. The Morgan fingerprint density at radius 2 is 2.08 bits per heavy atom. The van der Waals surface area contributed by atoms with Gasteiger partial charge in [0.25, 0.3) is 0 Å². The smallest absolute Gasteiger partial charge is 0.160 e. The maximum Gasteiger partial charge on any atom is 0.160 e. The van der Waals surface area contributed by atoms with Gasteiger partial charge in [-0.3, -0.25) is 0 Å². The van der Waals surface area contributed by atoms with Crippen molar-refractivity contribution in [1.29, 1.82) is 0 Å². The SMILES string of the molecule is O/N=C(\C#CSI)c1ccccc1. The van der Waals surface area contributed by atoms with Crippen LogP contribution in [0.4, 0.5) is 0 Å². The average molecular weight is 303 g/mol. The maximum absolute atomic E-state index is 8.68. The first kappa shape index (κ1) is 10.4. The minimum absolute atomic E-state index is 0.393. The Morgan fingerprint density at radius 1 is 1.38 bits per heavy atom. The molecule has 66 valence electrons. The number of halogens is 1. The van der Waals surface area contributed by atoms with Crippen molar-refractivity contribution in [3.63, 3.8) is 0 Å². The summed E-state index contributed by atoms with van der Waals surface area (Å²) in [4.78, 5) is 0. The van der Waals surface area contributed by atoms with Crippen molar-refractivity contribution < 1.29 is 5.21 Å². The van der Waals surface area contributed by atoms with Crippen molar-refractivity contribution in [2.45, 2.75) is 0 Å². The van der Waals surface area contributed by atoms with E-state index in [0.717, 1.165) is 5.56 Å². The van der Waals surface area contributed by atoms with E-state index in [9.17, 15) is 0 Å². The molecular formula is C9H6INOS. The molecule has 0 unspecified atom stereocenters. The molecule has 1 N–H and O–H groups in total. The van der Waals surface area contributed by atoms with E-state index >= 15 is 0 Å². The molecule has 0 radical (unpaired) electrons. The number of hydrogen-bond donors (Lipinski definition) is 1. The summed E-state index contributed by atoms with van der Waals surface area (Å²) in [6, 6.07) is 9.35. The van der Waals surface area contributed by atoms with E-state index in [1.807, 2.05) is 30.3 Å². The molecule has 1 aromatic carbocycles. The topological polar surface area (TPSA) is 32.6 Å². The van der Waals surface area contributed by atoms with Crippen LogP contribution in [0, 0.1) is 11.2 Å². The fraction of sp³-hybridized carbons (Fsp3) is 0. The lowest BCUT2D eigenvalue weighted by Crippen LogP contribution is -1.95. The Hall–Kier alpha value is -0.670. The van der Waals surface area contributed by atoms with Gasteiger partial charge in [0.15, 0.2) is 5.71 Å². The third kappa shape index (κ3) is 3.28. The third-order valence-corrected chi connectivity index (χ3v) is 2.20. The molecule has 0 aliphatic carbocycles. The maximum atomic E-state index is 8.68. The molecule has 0 aromatic heterocycles. The first-order valence-corrected chi connectivity index (χ1v) is 6.80. The predicted octanol–water partition coefficient (Wildman–Crippen LogP) is 2.91. The zero-order valence-corrected chi connectivity index (χ0v) is 9.54. The molecule has 13 heavy (non-hydrogen) atoms. The van der Waals surface area contributed by atoms with Crippen LogP contribution in [-0.2, 0) is 0 Å². The molecule has 0 fully saturated rings. The van der Waals surface area contributed by atoms with Gasteiger partial charge in [-0.15, -0.1) is 0 Å². The molecule has 2 nitrogen and oxygen atoms in total. The van der Waals surface area contributed by atoms with Crippen LogP contribution in [0.25, 0.3) is 0 Å². The fourth-order valence-corrected chi connectivity index (χ4v) is 1.28. The van der Waals surface area contributed by atoms with Crippen molar-refractivity contribution in [3.05, 3.63) is 35.9 Å². The zero-order valence-electron chi connectivity index (χ0n) is 6.57. The van der Waals surface area contributed by atoms with Crippen molar-refractivity contribution in [2.75, 3.05) is 0 Å². The van der Waals surface area contributed by atoms with Crippen molar-refractivity contribution >= 4 is 35.9 Å². The highest BCUT2D eigenvalue weighted by Crippen LogP contribution is 2.07. The summed E-state index contributed by atoms with van der Waals surface area (Å²) in [5.74, 6) is 2.74. The third-order valence-electron chi connectivity index (χ3n) is 1.36. The van der Waals surface area contributed by atoms with Gasteiger partial charge in [-0.1, -0.05) is 35.5 Å². The molecule has 0 aliphatic rings. The fourth-order valence-electron chi connectivity index (χ4n) is 0.819. The predicted molar refractivity (Wildman–Crippen MR) is 64.2 cm³/mol. The number of hydrogen-bond acceptors (Lipinski definition) is 3. The van der Waals surface area contributed by atoms with Crippen molar-refractivity contribution in [2.24, 2.45) is 5.16 Å². The quantitative estimate of drug-likeness (QED) is 0.284. The van der Waals surface area contributed by atoms with Gasteiger partial charge in [0.05, 0.1) is 0 Å². The lowest BCUT2D eigenvalue weighted by Gasteiger charge is -1.94. The van der Waals surface area contributed by atoms with Gasteiger partial charge in [-0.2, -0.15) is 0 Å². The summed E-state index contributed by atoms with van der Waals surface area (Å²) >= 11 is 2.06. The van der Waals surface area contributed by atoms with E-state index in [1.165, 1.54) is 8.93 Å². The highest BCUT2D eigenvalue weighted by atomic mass is 127. The van der Waals surface area contributed by atoms with E-state index in [4.69, 9.17) is 5.21 Å². The second-order valence-electron chi connectivity index (χ2n) is 2.12. The second-order valence-corrected chi connectivity index (χ2v) is 3.80. The average Bonchev–Trinajstić information content (AvgIpc) is 2.21. The molecule has 0 heterocycles. The van der Waals surface area contributed by atoms with Crippen LogP contribution in [0.3, 0.4) is 0 Å². The lowest BCUT2D eigenvalue weighted by molar-refractivity contribution is 0.320. The van der Waals surface area contributed by atoms with Gasteiger partial charge in [0, 0.05) is 26.8 Å². The molecule has 0 spiro atoms. The molecule has 0 bridgehead atoms. The zero-order chi connectivity index (χ0) is 9.52. The Balaban J connectivity index is 2.93. The Labute approximate surface area is 93.0 Å². The second kappa shape index (κ2) is 5.89. The molecular weight excluding hydrogens is 297 g/mol. The number of oxime groups is 1. The molecule has 0 saturated heterocycles. The first-order chi connectivity index (χ1) is 6.38. The highest BCUT2D eigenvalue weighted by Gasteiger charge is 1.97. The van der Waals surface area contributed by atoms with Gasteiger partial charge in [-0.05, 0) is 20.1 Å². The summed E-state index contributed by atoms with van der Waals surface area (Å²) in [5, 5.41) is 14.6. The van der Waals surface area contributed by atoms with Crippen LogP contribution in [0.1, 0.15) is 5.56 Å². The van der Waals surface area contributed by atoms with Crippen LogP contribution < -0.4 is 0 Å². The number of rotatable bonds is 1. The monoisotopic (exact) mass is 303 g/mol. The van der Waals surface area contributed by atoms with E-state index in [1.54, 1.807) is 0 Å². The van der Waals surface area contributed by atoms with Gasteiger partial charge in [-0.25, -0.2) is 0 Å². The summed E-state index contributed by atoms with van der Waals surface area (Å²) in [5.41, 5.74) is 1.22. The van der Waals surface area contributed by atoms with Crippen LogP contribution in [-0.4, -0.2) is 10.9 Å². The van der Waals surface area contributed by atoms with Crippen molar-refractivity contribution in [1.82, 2.24) is 0 Å². The Bertz CT molecular complexity index is 353. The van der Waals surface area contributed by atoms with Crippen molar-refractivity contribution in [3.8, 4) is 11.2 Å². The summed E-state index contributed by atoms with van der Waals surface area (Å²) < 4.78 is 0. The lowest BCUT2D eigenvalue weighted by atomic mass is 10.1. The summed E-state index contributed by atoms with van der Waals surface area (Å²) in [6.45, 7) is 0. The standard InChI is InChI=1S/C9H6INOS/c10-13-7-6-9(11-12)8-4-2-1-3-5-8/h1-5,12H/b11-9+. The Morgan fingerprint density at radius 3 is 2.62 bits per heavy atom. The minimum atomic E-state index is 0.393. The highest BCUT2D eigenvalue weighted by molar-refractivity contribution is 14.2. The van der Waals surface area contributed by atoms with E-state index in [2.05, 4.69) is 37.5 Å². The molecule has 0 saturated carbocycles. The summed E-state index contributed by atoms with van der Waals surface area (Å²) in [6.07, 6.45) is 0. The number of nitrogens with zero attached hydrogens (tertiary/aromatic N) is 1. The molecule has 4 heteroatoms. The molecule has 0 aliphatic heterocycles. The number of benzene rings is 1. The normalized spacial score (nSPS) is 10.4. The Kier molecular flexibility index (Phi) is 4.72. The van der Waals surface area contributed by atoms with Crippen LogP contribution in [0.15, 0.2) is 35.5 Å². The molecule has 0 amide bonds. The summed E-state index contributed by atoms with van der Waals surface area (Å²) in [7, 11) is 1.36. The van der Waals surface area contributed by atoms with Gasteiger partial charge < -0.3 is 5.21 Å². The minimum Gasteiger partial charge on any atom is -0.410 e. The molecule has 1 aromatic rings. The van der Waals surface area contributed by atoms with E-state index < -0.39 is 0 Å². The van der Waals surface area contributed by atoms with Gasteiger partial charge in [0.1, 0.15) is 0 Å². The van der Waals surface area contributed by atoms with Gasteiger partial charge in [0.2, 0.25) is 0 Å².